The first kappa shape index (κ1) is 24.5. The van der Waals surface area contributed by atoms with Gasteiger partial charge < -0.3 is 14.5 Å². The average molecular weight is 495 g/mol. The molecule has 7 heteroatoms. The van der Waals surface area contributed by atoms with E-state index < -0.39 is 5.97 Å². The zero-order valence-electron chi connectivity index (χ0n) is 20.7. The van der Waals surface area contributed by atoms with Crippen LogP contribution in [-0.2, 0) is 35.6 Å². The van der Waals surface area contributed by atoms with Gasteiger partial charge in [-0.15, -0.1) is 0 Å². The summed E-state index contributed by atoms with van der Waals surface area (Å²) < 4.78 is 6.34. The molecule has 0 unspecified atom stereocenters. The van der Waals surface area contributed by atoms with Gasteiger partial charge in [-0.1, -0.05) is 60.7 Å². The van der Waals surface area contributed by atoms with Crippen LogP contribution in [0.1, 0.15) is 35.1 Å². The first-order valence-electron chi connectivity index (χ1n) is 12.5. The molecule has 3 aromatic carbocycles. The van der Waals surface area contributed by atoms with Crippen LogP contribution in [0.25, 0.3) is 11.3 Å². The highest BCUT2D eigenvalue weighted by Crippen LogP contribution is 2.37. The molecule has 2 N–H and O–H groups in total. The van der Waals surface area contributed by atoms with E-state index in [0.29, 0.717) is 13.0 Å². The number of benzene rings is 3. The number of nitrogens with zero attached hydrogens (tertiary/aromatic N) is 3. The van der Waals surface area contributed by atoms with Crippen molar-refractivity contribution in [2.24, 2.45) is 5.90 Å². The summed E-state index contributed by atoms with van der Waals surface area (Å²) in [6.45, 7) is 2.27. The number of rotatable bonds is 9. The number of hydrogen-bond acceptors (Lipinski definition) is 7. The number of hydrogen-bond donors (Lipinski definition) is 1. The number of aromatic nitrogens is 2. The fraction of sp³-hybridized carbons (Fsp3) is 0.233. The van der Waals surface area contributed by atoms with Crippen molar-refractivity contribution in [1.29, 1.82) is 0 Å². The van der Waals surface area contributed by atoms with Crippen LogP contribution in [0, 0.1) is 0 Å². The Kier molecular flexibility index (Phi) is 7.72. The number of para-hydroxylation sites is 1. The molecule has 0 amide bonds. The number of carbonyl (C=O) groups is 1. The molecule has 0 saturated heterocycles. The van der Waals surface area contributed by atoms with E-state index in [1.165, 1.54) is 16.8 Å². The Hall–Kier alpha value is -4.23. The molecule has 37 heavy (non-hydrogen) atoms. The molecule has 1 aromatic heterocycles. The van der Waals surface area contributed by atoms with E-state index in [9.17, 15) is 4.79 Å². The summed E-state index contributed by atoms with van der Waals surface area (Å²) in [6.07, 6.45) is 8.21. The zero-order valence-corrected chi connectivity index (χ0v) is 20.7. The smallest absolute Gasteiger partial charge is 0.324 e. The zero-order chi connectivity index (χ0) is 25.5. The first-order valence-corrected chi connectivity index (χ1v) is 12.5. The summed E-state index contributed by atoms with van der Waals surface area (Å²) in [5.41, 5.74) is 7.81. The summed E-state index contributed by atoms with van der Waals surface area (Å²) in [6, 6.07) is 23.0. The van der Waals surface area contributed by atoms with Crippen molar-refractivity contribution < 1.29 is 14.4 Å². The molecule has 0 fully saturated rings. The molecule has 0 bridgehead atoms. The van der Waals surface area contributed by atoms with Crippen LogP contribution >= 0.6 is 0 Å². The Morgan fingerprint density at radius 2 is 1.73 bits per heavy atom. The lowest BCUT2D eigenvalue weighted by Gasteiger charge is -2.33. The van der Waals surface area contributed by atoms with Crippen LogP contribution < -0.4 is 15.5 Å². The van der Waals surface area contributed by atoms with Gasteiger partial charge in [-0.25, -0.2) is 0 Å². The summed E-state index contributed by atoms with van der Waals surface area (Å²) >= 11 is 0. The third-order valence-electron chi connectivity index (χ3n) is 6.63. The van der Waals surface area contributed by atoms with E-state index in [-0.39, 0.29) is 6.42 Å². The summed E-state index contributed by atoms with van der Waals surface area (Å²) in [7, 11) is 0. The molecule has 5 rings (SSSR count). The molecule has 2 heterocycles. The number of aryl methyl sites for hydroxylation is 2. The monoisotopic (exact) mass is 494 g/mol. The van der Waals surface area contributed by atoms with Crippen molar-refractivity contribution in [2.45, 2.75) is 38.8 Å². The maximum Gasteiger partial charge on any atom is 0.324 e. The van der Waals surface area contributed by atoms with Crippen molar-refractivity contribution in [3.63, 3.8) is 0 Å². The highest BCUT2D eigenvalue weighted by Gasteiger charge is 2.21. The van der Waals surface area contributed by atoms with E-state index in [2.05, 4.69) is 62.2 Å². The van der Waals surface area contributed by atoms with Crippen LogP contribution in [0.3, 0.4) is 0 Å². The van der Waals surface area contributed by atoms with Gasteiger partial charge in [0.25, 0.3) is 0 Å². The Balaban J connectivity index is 1.26. The maximum absolute atomic E-state index is 11.3. The van der Waals surface area contributed by atoms with Gasteiger partial charge in [-0.05, 0) is 47.6 Å². The minimum atomic E-state index is -0.410. The van der Waals surface area contributed by atoms with Crippen molar-refractivity contribution in [3.8, 4) is 17.0 Å². The van der Waals surface area contributed by atoms with Crippen LogP contribution in [0.15, 0.2) is 85.3 Å². The minimum Gasteiger partial charge on any atom is -0.487 e. The third-order valence-corrected chi connectivity index (χ3v) is 6.63. The van der Waals surface area contributed by atoms with Gasteiger partial charge in [0.1, 0.15) is 12.4 Å². The summed E-state index contributed by atoms with van der Waals surface area (Å²) in [5.74, 6) is 5.41. The van der Waals surface area contributed by atoms with Crippen molar-refractivity contribution >= 4 is 11.7 Å². The number of carbonyl (C=O) groups excluding carboxylic acids is 1. The van der Waals surface area contributed by atoms with Crippen LogP contribution in [0.4, 0.5) is 5.69 Å². The Labute approximate surface area is 216 Å². The van der Waals surface area contributed by atoms with Gasteiger partial charge in [-0.3, -0.25) is 14.8 Å². The topological polar surface area (TPSA) is 90.6 Å². The van der Waals surface area contributed by atoms with Gasteiger partial charge in [0, 0.05) is 31.0 Å². The van der Waals surface area contributed by atoms with Gasteiger partial charge in [0.05, 0.1) is 24.0 Å². The van der Waals surface area contributed by atoms with E-state index >= 15 is 0 Å². The number of ether oxygens (including phenoxy) is 1. The van der Waals surface area contributed by atoms with Gasteiger partial charge in [0.2, 0.25) is 0 Å². The molecule has 188 valence electrons. The predicted molar refractivity (Wildman–Crippen MR) is 143 cm³/mol. The molecular formula is C30H30N4O3. The molecule has 0 radical (unpaired) electrons. The second-order valence-electron chi connectivity index (χ2n) is 9.17. The number of fused-ring (bicyclic) bond motifs is 1. The second kappa shape index (κ2) is 11.7. The quantitative estimate of drug-likeness (QED) is 0.327. The van der Waals surface area contributed by atoms with Gasteiger partial charge >= 0.3 is 5.97 Å². The largest absolute Gasteiger partial charge is 0.487 e. The lowest BCUT2D eigenvalue weighted by molar-refractivity contribution is -0.144. The van der Waals surface area contributed by atoms with Crippen molar-refractivity contribution in [2.75, 3.05) is 11.4 Å². The highest BCUT2D eigenvalue weighted by atomic mass is 16.7. The van der Waals surface area contributed by atoms with Crippen molar-refractivity contribution in [1.82, 2.24) is 9.97 Å². The SMILES string of the molecule is NOC(=O)CCc1ccc(COc2cccc3c2N(Cc2ccc(-c4cnccn4)cc2)CCC3)cc1. The van der Waals surface area contributed by atoms with Gasteiger partial charge in [-0.2, -0.15) is 5.90 Å². The van der Waals surface area contributed by atoms with E-state index in [1.54, 1.807) is 18.6 Å². The summed E-state index contributed by atoms with van der Waals surface area (Å²) in [4.78, 5) is 26.5. The normalized spacial score (nSPS) is 12.6. The Bertz CT molecular complexity index is 1330. The lowest BCUT2D eigenvalue weighted by Crippen LogP contribution is -2.29. The van der Waals surface area contributed by atoms with Crippen LogP contribution in [0.2, 0.25) is 0 Å². The molecule has 4 aromatic rings. The van der Waals surface area contributed by atoms with Crippen molar-refractivity contribution in [3.05, 3.63) is 108 Å². The Morgan fingerprint density at radius 1 is 0.946 bits per heavy atom. The predicted octanol–water partition coefficient (Wildman–Crippen LogP) is 5.02. The molecular weight excluding hydrogens is 464 g/mol. The van der Waals surface area contributed by atoms with Crippen LogP contribution in [-0.4, -0.2) is 22.5 Å². The average Bonchev–Trinajstić information content (AvgIpc) is 2.96. The van der Waals surface area contributed by atoms with E-state index in [1.807, 2.05) is 24.3 Å². The van der Waals surface area contributed by atoms with Gasteiger partial charge in [0.15, 0.2) is 0 Å². The highest BCUT2D eigenvalue weighted by molar-refractivity contribution is 5.69. The summed E-state index contributed by atoms with van der Waals surface area (Å²) in [5, 5.41) is 0. The molecule has 0 spiro atoms. The Morgan fingerprint density at radius 3 is 2.49 bits per heavy atom. The molecule has 0 aliphatic carbocycles. The molecule has 7 nitrogen and oxygen atoms in total. The second-order valence-corrected chi connectivity index (χ2v) is 9.17. The lowest BCUT2D eigenvalue weighted by atomic mass is 10.00. The maximum atomic E-state index is 11.3. The van der Waals surface area contributed by atoms with Crippen LogP contribution in [0.5, 0.6) is 5.75 Å². The third kappa shape index (κ3) is 6.13. The minimum absolute atomic E-state index is 0.265. The number of anilines is 1. The fourth-order valence-corrected chi connectivity index (χ4v) is 4.69. The molecule has 0 atom stereocenters. The molecule has 1 aliphatic rings. The van der Waals surface area contributed by atoms with E-state index in [0.717, 1.165) is 54.1 Å². The first-order chi connectivity index (χ1) is 18.2. The molecule has 1 aliphatic heterocycles. The number of nitrogens with two attached hydrogens (primary N) is 1. The van der Waals surface area contributed by atoms with E-state index in [4.69, 9.17) is 10.6 Å². The fourth-order valence-electron chi connectivity index (χ4n) is 4.69. The molecule has 0 saturated carbocycles. The standard InChI is InChI=1S/C30H30N4O3/c31-37-29(35)15-12-22-6-8-24(9-7-22)21-36-28-5-1-3-26-4-2-18-34(30(26)28)20-23-10-13-25(14-11-23)27-19-32-16-17-33-27/h1,3,5-11,13-14,16-17,19H,2,4,12,15,18,20-21,31H2.